The summed E-state index contributed by atoms with van der Waals surface area (Å²) in [6, 6.07) is 16.9. The van der Waals surface area contributed by atoms with Crippen LogP contribution < -0.4 is 0 Å². The van der Waals surface area contributed by atoms with Crippen molar-refractivity contribution >= 4 is 5.84 Å². The van der Waals surface area contributed by atoms with Crippen LogP contribution in [0.5, 0.6) is 0 Å². The maximum atomic E-state index is 12.9. The topological polar surface area (TPSA) is 60.1 Å². The molecule has 31 heavy (non-hydrogen) atoms. The summed E-state index contributed by atoms with van der Waals surface area (Å²) in [6.07, 6.45) is -4.42. The van der Waals surface area contributed by atoms with Crippen molar-refractivity contribution in [3.05, 3.63) is 94.3 Å². The molecule has 3 rings (SSSR count). The van der Waals surface area contributed by atoms with Gasteiger partial charge in [-0.1, -0.05) is 49.4 Å². The molecule has 3 aromatic rings. The number of halogens is 4. The van der Waals surface area contributed by atoms with Gasteiger partial charge in [0.2, 0.25) is 0 Å². The lowest BCUT2D eigenvalue weighted by molar-refractivity contribution is -0.138. The van der Waals surface area contributed by atoms with Crippen molar-refractivity contribution in [1.29, 1.82) is 10.9 Å². The Morgan fingerprint density at radius 3 is 2.10 bits per heavy atom. The fourth-order valence-electron chi connectivity index (χ4n) is 3.18. The number of alkyl halides is 3. The summed E-state index contributed by atoms with van der Waals surface area (Å²) in [5.41, 5.74) is 11.1. The fourth-order valence-corrected chi connectivity index (χ4v) is 3.18. The molecule has 0 aliphatic carbocycles. The highest BCUT2D eigenvalue weighted by atomic mass is 19.4. The molecule has 0 aliphatic rings. The number of rotatable bonds is 3. The molecule has 0 fully saturated rings. The molecule has 0 saturated heterocycles. The monoisotopic (exact) mass is 429 g/mol. The minimum atomic E-state index is -4.46. The van der Waals surface area contributed by atoms with Gasteiger partial charge in [-0.25, -0.2) is 9.92 Å². The molecule has 0 heterocycles. The number of amidine groups is 1. The summed E-state index contributed by atoms with van der Waals surface area (Å²) >= 11 is 0. The molecule has 0 unspecified atom stereocenters. The zero-order valence-electron chi connectivity index (χ0n) is 17.4. The predicted octanol–water partition coefficient (Wildman–Crippen LogP) is 7.73. The van der Waals surface area contributed by atoms with Gasteiger partial charge in [-0.3, -0.25) is 5.41 Å². The lowest BCUT2D eigenvalue weighted by atomic mass is 9.95. The van der Waals surface area contributed by atoms with Crippen molar-refractivity contribution in [2.75, 3.05) is 0 Å². The second-order valence-corrected chi connectivity index (χ2v) is 6.92. The van der Waals surface area contributed by atoms with Crippen LogP contribution in [0.3, 0.4) is 0 Å². The van der Waals surface area contributed by atoms with Crippen LogP contribution in [0.4, 0.5) is 17.6 Å². The number of aryl methyl sites for hydroxylation is 2. The van der Waals surface area contributed by atoms with Crippen LogP contribution in [0, 0.1) is 30.6 Å². The van der Waals surface area contributed by atoms with Crippen LogP contribution in [0.15, 0.2) is 65.8 Å². The molecule has 2 N–H and O–H groups in total. The molecular formula is C24H23F4N3. The van der Waals surface area contributed by atoms with Gasteiger partial charge in [-0.2, -0.15) is 13.2 Å². The van der Waals surface area contributed by atoms with Gasteiger partial charge in [0.15, 0.2) is 5.84 Å². The zero-order valence-corrected chi connectivity index (χ0v) is 17.4. The van der Waals surface area contributed by atoms with Crippen molar-refractivity contribution in [3.8, 4) is 11.1 Å². The van der Waals surface area contributed by atoms with E-state index in [1.165, 1.54) is 12.5 Å². The third-order valence-corrected chi connectivity index (χ3v) is 4.84. The van der Waals surface area contributed by atoms with Gasteiger partial charge < -0.3 is 0 Å². The van der Waals surface area contributed by atoms with Gasteiger partial charge in [-0.05, 0) is 66.3 Å². The van der Waals surface area contributed by atoms with E-state index in [-0.39, 0.29) is 17.8 Å². The molecule has 0 spiro atoms. The Balaban J connectivity index is 0.000000233. The molecule has 162 valence electrons. The SMILES string of the molecule is CCc1c(F)cccc1C(F)(F)F.Cc1ccccc1-c1cc(C(=N)N=N)ccc1C. The highest BCUT2D eigenvalue weighted by Crippen LogP contribution is 2.33. The van der Waals surface area contributed by atoms with E-state index in [4.69, 9.17) is 10.9 Å². The number of nitrogens with zero attached hydrogens (tertiary/aromatic N) is 1. The van der Waals surface area contributed by atoms with E-state index >= 15 is 0 Å². The highest BCUT2D eigenvalue weighted by Gasteiger charge is 2.33. The number of benzene rings is 3. The van der Waals surface area contributed by atoms with Crippen LogP contribution in [0.2, 0.25) is 0 Å². The number of hydrogen-bond donors (Lipinski definition) is 2. The maximum Gasteiger partial charge on any atom is 0.416 e. The van der Waals surface area contributed by atoms with Crippen molar-refractivity contribution < 1.29 is 17.6 Å². The molecular weight excluding hydrogens is 406 g/mol. The normalized spacial score (nSPS) is 10.8. The van der Waals surface area contributed by atoms with Gasteiger partial charge in [0.05, 0.1) is 5.56 Å². The average Bonchev–Trinajstić information content (AvgIpc) is 2.74. The quantitative estimate of drug-likeness (QED) is 0.185. The third-order valence-electron chi connectivity index (χ3n) is 4.84. The van der Waals surface area contributed by atoms with E-state index in [0.29, 0.717) is 5.56 Å². The number of nitrogens with one attached hydrogen (secondary N) is 2. The predicted molar refractivity (Wildman–Crippen MR) is 114 cm³/mol. The van der Waals surface area contributed by atoms with Gasteiger partial charge in [-0.15, -0.1) is 5.11 Å². The summed E-state index contributed by atoms with van der Waals surface area (Å²) in [5, 5.41) is 10.8. The molecule has 0 radical (unpaired) electrons. The minimum Gasteiger partial charge on any atom is -0.281 e. The first kappa shape index (κ1) is 23.9. The van der Waals surface area contributed by atoms with E-state index in [0.717, 1.165) is 34.9 Å². The van der Waals surface area contributed by atoms with Crippen LogP contribution in [0.25, 0.3) is 11.1 Å². The van der Waals surface area contributed by atoms with E-state index in [9.17, 15) is 17.6 Å². The Labute approximate surface area is 178 Å². The van der Waals surface area contributed by atoms with E-state index in [1.54, 1.807) is 0 Å². The van der Waals surface area contributed by atoms with E-state index in [1.807, 2.05) is 37.3 Å². The van der Waals surface area contributed by atoms with Crippen molar-refractivity contribution in [1.82, 2.24) is 0 Å². The summed E-state index contributed by atoms with van der Waals surface area (Å²) in [5.74, 6) is -0.804. The molecule has 0 atom stereocenters. The first-order valence-corrected chi connectivity index (χ1v) is 9.57. The Morgan fingerprint density at radius 1 is 0.903 bits per heavy atom. The molecule has 0 aromatic heterocycles. The summed E-state index contributed by atoms with van der Waals surface area (Å²) in [4.78, 5) is 0. The minimum absolute atomic E-state index is 0.00941. The molecule has 7 heteroatoms. The van der Waals surface area contributed by atoms with Gasteiger partial charge in [0, 0.05) is 5.56 Å². The van der Waals surface area contributed by atoms with Crippen LogP contribution in [-0.4, -0.2) is 5.84 Å². The van der Waals surface area contributed by atoms with Crippen molar-refractivity contribution in [2.24, 2.45) is 5.11 Å². The van der Waals surface area contributed by atoms with Crippen LogP contribution >= 0.6 is 0 Å². The molecule has 0 amide bonds. The number of hydrogen-bond acceptors (Lipinski definition) is 2. The Bertz CT molecular complexity index is 1090. The van der Waals surface area contributed by atoms with Crippen LogP contribution in [0.1, 0.15) is 34.7 Å². The zero-order chi connectivity index (χ0) is 23.2. The molecule has 3 aromatic carbocycles. The lowest BCUT2D eigenvalue weighted by Crippen LogP contribution is -2.10. The fraction of sp³-hybridized carbons (Fsp3) is 0.208. The third kappa shape index (κ3) is 5.84. The second-order valence-electron chi connectivity index (χ2n) is 6.92. The summed E-state index contributed by atoms with van der Waals surface area (Å²) in [7, 11) is 0. The Hall–Kier alpha value is -3.35. The van der Waals surface area contributed by atoms with Crippen molar-refractivity contribution in [3.63, 3.8) is 0 Å². The summed E-state index contributed by atoms with van der Waals surface area (Å²) in [6.45, 7) is 5.61. The average molecular weight is 429 g/mol. The Kier molecular flexibility index (Phi) is 7.80. The highest BCUT2D eigenvalue weighted by molar-refractivity contribution is 5.97. The Morgan fingerprint density at radius 2 is 1.55 bits per heavy atom. The first-order valence-electron chi connectivity index (χ1n) is 9.57. The molecule has 0 saturated carbocycles. The summed E-state index contributed by atoms with van der Waals surface area (Å²) < 4.78 is 49.6. The molecule has 3 nitrogen and oxygen atoms in total. The first-order chi connectivity index (χ1) is 14.6. The smallest absolute Gasteiger partial charge is 0.281 e. The molecule has 0 aliphatic heterocycles. The van der Waals surface area contributed by atoms with Gasteiger partial charge in [0.25, 0.3) is 0 Å². The molecule has 0 bridgehead atoms. The van der Waals surface area contributed by atoms with E-state index < -0.39 is 17.6 Å². The van der Waals surface area contributed by atoms with E-state index in [2.05, 4.69) is 24.2 Å². The lowest BCUT2D eigenvalue weighted by Gasteiger charge is -2.11. The maximum absolute atomic E-state index is 12.9. The van der Waals surface area contributed by atoms with Crippen molar-refractivity contribution in [2.45, 2.75) is 33.4 Å². The standard InChI is InChI=1S/C15H15N3.C9H8F4/c1-10-5-3-4-6-13(10)14-9-12(15(16)18-17)8-7-11(14)2;1-2-6-7(9(11,12)13)4-3-5-8(6)10/h3-9,16-17H,1-2H3;3-5H,2H2,1H3. The second kappa shape index (κ2) is 10.1. The van der Waals surface area contributed by atoms with Gasteiger partial charge in [0.1, 0.15) is 5.82 Å². The van der Waals surface area contributed by atoms with Gasteiger partial charge >= 0.3 is 6.18 Å². The largest absolute Gasteiger partial charge is 0.416 e. The van der Waals surface area contributed by atoms with Crippen LogP contribution in [-0.2, 0) is 12.6 Å².